The third-order valence-electron chi connectivity index (χ3n) is 3.57. The van der Waals surface area contributed by atoms with Crippen LogP contribution in [-0.2, 0) is 4.79 Å². The van der Waals surface area contributed by atoms with E-state index in [0.717, 1.165) is 13.0 Å². The van der Waals surface area contributed by atoms with Crippen LogP contribution in [0.3, 0.4) is 0 Å². The van der Waals surface area contributed by atoms with Crippen molar-refractivity contribution >= 4 is 5.97 Å². The van der Waals surface area contributed by atoms with Crippen LogP contribution in [0.25, 0.3) is 0 Å². The van der Waals surface area contributed by atoms with Crippen molar-refractivity contribution in [3.05, 3.63) is 30.1 Å². The Morgan fingerprint density at radius 3 is 3.00 bits per heavy atom. The first-order valence-electron chi connectivity index (χ1n) is 6.45. The topological polar surface area (TPSA) is 58.6 Å². The first kappa shape index (κ1) is 13.8. The Kier molecular flexibility index (Phi) is 4.37. The highest BCUT2D eigenvalue weighted by Gasteiger charge is 2.39. The van der Waals surface area contributed by atoms with Gasteiger partial charge >= 0.3 is 5.97 Å². The van der Waals surface area contributed by atoms with Gasteiger partial charge in [0.15, 0.2) is 0 Å². The summed E-state index contributed by atoms with van der Waals surface area (Å²) in [5.74, 6) is -0.711. The van der Waals surface area contributed by atoms with Crippen molar-refractivity contribution in [2.24, 2.45) is 5.41 Å². The van der Waals surface area contributed by atoms with Gasteiger partial charge in [-0.05, 0) is 37.9 Å². The molecule has 0 saturated carbocycles. The van der Waals surface area contributed by atoms with Crippen LogP contribution in [0.5, 0.6) is 5.75 Å². The molecule has 1 unspecified atom stereocenters. The maximum atomic E-state index is 13.0. The van der Waals surface area contributed by atoms with Gasteiger partial charge in [-0.15, -0.1) is 0 Å². The lowest BCUT2D eigenvalue weighted by molar-refractivity contribution is -0.151. The average molecular weight is 267 g/mol. The first-order chi connectivity index (χ1) is 9.12. The number of benzene rings is 1. The van der Waals surface area contributed by atoms with Crippen molar-refractivity contribution in [3.8, 4) is 5.75 Å². The second-order valence-corrected chi connectivity index (χ2v) is 4.92. The molecule has 1 aromatic rings. The fourth-order valence-corrected chi connectivity index (χ4v) is 2.39. The Morgan fingerprint density at radius 2 is 2.37 bits per heavy atom. The molecule has 1 aromatic carbocycles. The number of hydrogen-bond acceptors (Lipinski definition) is 3. The van der Waals surface area contributed by atoms with Crippen molar-refractivity contribution in [2.75, 3.05) is 19.7 Å². The Labute approximate surface area is 111 Å². The zero-order chi connectivity index (χ0) is 13.7. The van der Waals surface area contributed by atoms with Gasteiger partial charge < -0.3 is 15.2 Å². The zero-order valence-electron chi connectivity index (χ0n) is 10.7. The highest BCUT2D eigenvalue weighted by molar-refractivity contribution is 5.75. The molecule has 1 atom stereocenters. The Balaban J connectivity index is 1.91. The standard InChI is InChI=1S/C14H18FNO3/c15-11-3-1-4-12(9-11)19-8-6-14(13(17)18)5-2-7-16-10-14/h1,3-4,9,16H,2,5-8,10H2,(H,17,18). The number of rotatable bonds is 5. The molecule has 1 aliphatic rings. The maximum Gasteiger partial charge on any atom is 0.311 e. The van der Waals surface area contributed by atoms with Crippen LogP contribution in [0.4, 0.5) is 4.39 Å². The van der Waals surface area contributed by atoms with Crippen LogP contribution in [0, 0.1) is 11.2 Å². The van der Waals surface area contributed by atoms with Gasteiger partial charge in [-0.2, -0.15) is 0 Å². The van der Waals surface area contributed by atoms with Crippen LogP contribution in [0.15, 0.2) is 24.3 Å². The number of aliphatic carboxylic acids is 1. The van der Waals surface area contributed by atoms with Crippen LogP contribution < -0.4 is 10.1 Å². The first-order valence-corrected chi connectivity index (χ1v) is 6.45. The summed E-state index contributed by atoms with van der Waals surface area (Å²) in [4.78, 5) is 11.4. The van der Waals surface area contributed by atoms with Crippen molar-refractivity contribution in [2.45, 2.75) is 19.3 Å². The lowest BCUT2D eigenvalue weighted by Crippen LogP contribution is -2.46. The van der Waals surface area contributed by atoms with E-state index in [1.807, 2.05) is 0 Å². The van der Waals surface area contributed by atoms with E-state index >= 15 is 0 Å². The molecule has 4 nitrogen and oxygen atoms in total. The summed E-state index contributed by atoms with van der Waals surface area (Å²) < 4.78 is 18.4. The average Bonchev–Trinajstić information content (AvgIpc) is 2.40. The molecule has 19 heavy (non-hydrogen) atoms. The Bertz CT molecular complexity index is 444. The largest absolute Gasteiger partial charge is 0.493 e. The van der Waals surface area contributed by atoms with E-state index in [2.05, 4.69) is 5.32 Å². The van der Waals surface area contributed by atoms with Gasteiger partial charge in [0.1, 0.15) is 11.6 Å². The number of ether oxygens (including phenoxy) is 1. The number of hydrogen-bond donors (Lipinski definition) is 2. The lowest BCUT2D eigenvalue weighted by Gasteiger charge is -2.33. The minimum absolute atomic E-state index is 0.275. The Morgan fingerprint density at radius 1 is 1.53 bits per heavy atom. The Hall–Kier alpha value is -1.62. The maximum absolute atomic E-state index is 13.0. The number of halogens is 1. The summed E-state index contributed by atoms with van der Waals surface area (Å²) in [6.07, 6.45) is 1.93. The van der Waals surface area contributed by atoms with Gasteiger partial charge in [-0.1, -0.05) is 6.07 Å². The van der Waals surface area contributed by atoms with E-state index in [0.29, 0.717) is 25.1 Å². The summed E-state index contributed by atoms with van der Waals surface area (Å²) in [5, 5.41) is 12.5. The van der Waals surface area contributed by atoms with Gasteiger partial charge in [-0.3, -0.25) is 4.79 Å². The summed E-state index contributed by atoms with van der Waals surface area (Å²) in [5.41, 5.74) is -0.758. The third kappa shape index (κ3) is 3.44. The van der Waals surface area contributed by atoms with Gasteiger partial charge in [-0.25, -0.2) is 4.39 Å². The van der Waals surface area contributed by atoms with Gasteiger partial charge in [0.05, 0.1) is 12.0 Å². The van der Waals surface area contributed by atoms with E-state index in [1.54, 1.807) is 12.1 Å². The number of piperidine rings is 1. The summed E-state index contributed by atoms with van der Waals surface area (Å²) in [6.45, 7) is 1.60. The van der Waals surface area contributed by atoms with Gasteiger partial charge in [0.2, 0.25) is 0 Å². The second kappa shape index (κ2) is 6.02. The molecule has 2 N–H and O–H groups in total. The summed E-state index contributed by atoms with van der Waals surface area (Å²) in [6, 6.07) is 5.87. The molecule has 5 heteroatoms. The fraction of sp³-hybridized carbons (Fsp3) is 0.500. The molecule has 2 rings (SSSR count). The highest BCUT2D eigenvalue weighted by Crippen LogP contribution is 2.30. The number of carboxylic acids is 1. The monoisotopic (exact) mass is 267 g/mol. The molecule has 0 aromatic heterocycles. The molecule has 1 saturated heterocycles. The molecule has 0 spiro atoms. The smallest absolute Gasteiger partial charge is 0.311 e. The summed E-state index contributed by atoms with van der Waals surface area (Å²) >= 11 is 0. The van der Waals surface area contributed by atoms with Gasteiger partial charge in [0.25, 0.3) is 0 Å². The van der Waals surface area contributed by atoms with E-state index in [9.17, 15) is 14.3 Å². The molecule has 0 amide bonds. The molecule has 0 aliphatic carbocycles. The number of nitrogens with one attached hydrogen (secondary N) is 1. The van der Waals surface area contributed by atoms with Crippen LogP contribution in [0.2, 0.25) is 0 Å². The highest BCUT2D eigenvalue weighted by atomic mass is 19.1. The second-order valence-electron chi connectivity index (χ2n) is 4.92. The minimum atomic E-state index is -0.789. The van der Waals surface area contributed by atoms with Crippen molar-refractivity contribution in [1.82, 2.24) is 5.32 Å². The minimum Gasteiger partial charge on any atom is -0.493 e. The molecular formula is C14H18FNO3. The van der Waals surface area contributed by atoms with E-state index in [-0.39, 0.29) is 12.4 Å². The normalized spacial score (nSPS) is 23.0. The molecule has 1 aliphatic heterocycles. The van der Waals surface area contributed by atoms with E-state index < -0.39 is 11.4 Å². The van der Waals surface area contributed by atoms with Crippen LogP contribution >= 0.6 is 0 Å². The molecule has 0 radical (unpaired) electrons. The van der Waals surface area contributed by atoms with Crippen molar-refractivity contribution in [3.63, 3.8) is 0 Å². The molecule has 1 heterocycles. The molecule has 1 fully saturated rings. The predicted octanol–water partition coefficient (Wildman–Crippen LogP) is 2.05. The number of carboxylic acid groups (broad SMARTS) is 1. The van der Waals surface area contributed by atoms with Crippen LogP contribution in [-0.4, -0.2) is 30.8 Å². The van der Waals surface area contributed by atoms with E-state index in [1.165, 1.54) is 12.1 Å². The molecule has 0 bridgehead atoms. The fourth-order valence-electron chi connectivity index (χ4n) is 2.39. The number of carbonyl (C=O) groups is 1. The third-order valence-corrected chi connectivity index (χ3v) is 3.57. The molecule has 104 valence electrons. The van der Waals surface area contributed by atoms with Crippen molar-refractivity contribution in [1.29, 1.82) is 0 Å². The quantitative estimate of drug-likeness (QED) is 0.857. The lowest BCUT2D eigenvalue weighted by atomic mass is 9.78. The SMILES string of the molecule is O=C(O)C1(CCOc2cccc(F)c2)CCCNC1. The summed E-state index contributed by atoms with van der Waals surface area (Å²) in [7, 11) is 0. The van der Waals surface area contributed by atoms with E-state index in [4.69, 9.17) is 4.74 Å². The van der Waals surface area contributed by atoms with Crippen molar-refractivity contribution < 1.29 is 19.0 Å². The predicted molar refractivity (Wildman–Crippen MR) is 68.7 cm³/mol. The van der Waals surface area contributed by atoms with Crippen LogP contribution in [0.1, 0.15) is 19.3 Å². The molecular weight excluding hydrogens is 249 g/mol. The zero-order valence-corrected chi connectivity index (χ0v) is 10.7. The van der Waals surface area contributed by atoms with Gasteiger partial charge in [0, 0.05) is 12.6 Å².